The molecular formula is C49H39O4P. The first-order valence-electron chi connectivity index (χ1n) is 19.2. The van der Waals surface area contributed by atoms with Crippen LogP contribution < -0.4 is 4.52 Å². The fraction of sp³-hybridized carbons (Fsp3) is 0.184. The number of hydrogen-bond acceptors (Lipinski definition) is 3. The van der Waals surface area contributed by atoms with E-state index in [1.807, 2.05) is 0 Å². The molecule has 3 aliphatic rings. The molecule has 4 nitrogen and oxygen atoms in total. The third-order valence-corrected chi connectivity index (χ3v) is 13.5. The molecule has 0 saturated heterocycles. The number of rotatable bonds is 2. The lowest BCUT2D eigenvalue weighted by molar-refractivity contribution is 0.107. The first-order chi connectivity index (χ1) is 26.4. The van der Waals surface area contributed by atoms with Gasteiger partial charge in [0.05, 0.1) is 6.10 Å². The largest absolute Gasteiger partial charge is 0.527 e. The number of fused-ring (bicyclic) bond motifs is 11. The summed E-state index contributed by atoms with van der Waals surface area (Å²) in [7, 11) is -4.66. The second kappa shape index (κ2) is 12.1. The fourth-order valence-corrected chi connectivity index (χ4v) is 11.3. The highest BCUT2D eigenvalue weighted by molar-refractivity contribution is 7.47. The molecule has 5 atom stereocenters. The van der Waals surface area contributed by atoms with Gasteiger partial charge in [-0.3, -0.25) is 9.42 Å². The van der Waals surface area contributed by atoms with Gasteiger partial charge in [-0.25, -0.2) is 4.57 Å². The van der Waals surface area contributed by atoms with Gasteiger partial charge in [-0.15, -0.1) is 0 Å². The van der Waals surface area contributed by atoms with Gasteiger partial charge in [0, 0.05) is 28.5 Å². The third kappa shape index (κ3) is 4.94. The summed E-state index contributed by atoms with van der Waals surface area (Å²) in [5.74, 6) is 0.445. The molecule has 264 valence electrons. The Morgan fingerprint density at radius 1 is 0.630 bits per heavy atom. The molecule has 1 aliphatic heterocycles. The molecule has 5 heteroatoms. The summed E-state index contributed by atoms with van der Waals surface area (Å²) in [4.78, 5) is 12.0. The maximum atomic E-state index is 14.7. The highest BCUT2D eigenvalue weighted by Gasteiger charge is 2.50. The Bertz CT molecular complexity index is 2790. The van der Waals surface area contributed by atoms with Crippen LogP contribution >= 0.6 is 7.82 Å². The lowest BCUT2D eigenvalue weighted by atomic mass is 9.66. The van der Waals surface area contributed by atoms with Crippen LogP contribution in [0.2, 0.25) is 0 Å². The van der Waals surface area contributed by atoms with Gasteiger partial charge < -0.3 is 4.52 Å². The minimum absolute atomic E-state index is 0.226. The topological polar surface area (TPSA) is 55.8 Å². The van der Waals surface area contributed by atoms with Crippen LogP contribution in [0.15, 0.2) is 140 Å². The zero-order valence-corrected chi connectivity index (χ0v) is 30.9. The van der Waals surface area contributed by atoms with Crippen molar-refractivity contribution in [1.29, 1.82) is 0 Å². The Hall–Kier alpha value is -5.25. The van der Waals surface area contributed by atoms with Gasteiger partial charge in [0.2, 0.25) is 0 Å². The van der Waals surface area contributed by atoms with E-state index in [9.17, 15) is 9.46 Å². The van der Waals surface area contributed by atoms with Crippen LogP contribution in [0.3, 0.4) is 0 Å². The Balaban J connectivity index is 1.27. The highest BCUT2D eigenvalue weighted by Crippen LogP contribution is 2.63. The van der Waals surface area contributed by atoms with Crippen molar-refractivity contribution < 1.29 is 18.5 Å². The third-order valence-electron chi connectivity index (χ3n) is 12.5. The van der Waals surface area contributed by atoms with E-state index in [0.717, 1.165) is 90.2 Å². The van der Waals surface area contributed by atoms with Crippen LogP contribution in [-0.4, -0.2) is 11.0 Å². The average Bonchev–Trinajstić information content (AvgIpc) is 3.32. The second-order valence-electron chi connectivity index (χ2n) is 15.7. The van der Waals surface area contributed by atoms with E-state index in [-0.39, 0.29) is 11.8 Å². The summed E-state index contributed by atoms with van der Waals surface area (Å²) < 4.78 is 28.0. The molecule has 0 bridgehead atoms. The SMILES string of the molecule is CC1CCc2c(cc(-c3c4ccccc4cc4ccccc34)c3c2[C@H]2c4ccccc4CC(c4c5ccccc5cc5ccccc45)C2OP(=O)(O)O3)C1. The van der Waals surface area contributed by atoms with Crippen molar-refractivity contribution in [3.8, 4) is 16.9 Å². The lowest BCUT2D eigenvalue weighted by Gasteiger charge is -2.40. The van der Waals surface area contributed by atoms with Crippen LogP contribution in [0, 0.1) is 5.92 Å². The van der Waals surface area contributed by atoms with Gasteiger partial charge in [0.15, 0.2) is 0 Å². The Morgan fingerprint density at radius 2 is 1.19 bits per heavy atom. The maximum Gasteiger partial charge on any atom is 0.527 e. The zero-order chi connectivity index (χ0) is 36.1. The lowest BCUT2D eigenvalue weighted by Crippen LogP contribution is -2.35. The Labute approximate surface area is 314 Å². The molecule has 0 aromatic heterocycles. The second-order valence-corrected chi connectivity index (χ2v) is 17.0. The van der Waals surface area contributed by atoms with Crippen molar-refractivity contribution in [3.63, 3.8) is 0 Å². The predicted octanol–water partition coefficient (Wildman–Crippen LogP) is 12.4. The van der Waals surface area contributed by atoms with Crippen molar-refractivity contribution in [3.05, 3.63) is 173 Å². The molecule has 0 saturated carbocycles. The summed E-state index contributed by atoms with van der Waals surface area (Å²) >= 11 is 0. The summed E-state index contributed by atoms with van der Waals surface area (Å²) in [6.07, 6.45) is 2.88. The molecule has 1 heterocycles. The van der Waals surface area contributed by atoms with E-state index in [0.29, 0.717) is 18.1 Å². The first-order valence-corrected chi connectivity index (χ1v) is 20.7. The number of hydrogen-bond donors (Lipinski definition) is 1. The summed E-state index contributed by atoms with van der Waals surface area (Å²) in [6.45, 7) is 2.34. The van der Waals surface area contributed by atoms with Gasteiger partial charge in [-0.1, -0.05) is 128 Å². The van der Waals surface area contributed by atoms with Crippen LogP contribution in [0.1, 0.15) is 58.6 Å². The number of benzene rings is 8. The Morgan fingerprint density at radius 3 is 1.83 bits per heavy atom. The molecular weight excluding hydrogens is 684 g/mol. The van der Waals surface area contributed by atoms with E-state index >= 15 is 0 Å². The fourth-order valence-electron chi connectivity index (χ4n) is 10.3. The first kappa shape index (κ1) is 32.2. The van der Waals surface area contributed by atoms with Gasteiger partial charge in [0.1, 0.15) is 5.75 Å². The van der Waals surface area contributed by atoms with Crippen LogP contribution in [-0.2, 0) is 28.4 Å². The minimum atomic E-state index is -4.66. The van der Waals surface area contributed by atoms with Crippen LogP contribution in [0.25, 0.3) is 54.2 Å². The molecule has 11 rings (SSSR count). The van der Waals surface area contributed by atoms with E-state index in [1.54, 1.807) is 0 Å². The molecule has 2 aliphatic carbocycles. The Kier molecular flexibility index (Phi) is 7.23. The molecule has 0 fully saturated rings. The van der Waals surface area contributed by atoms with Crippen molar-refractivity contribution in [2.24, 2.45) is 5.92 Å². The van der Waals surface area contributed by atoms with E-state index in [4.69, 9.17) is 9.05 Å². The molecule has 1 N–H and O–H groups in total. The summed E-state index contributed by atoms with van der Waals surface area (Å²) in [5.41, 5.74) is 9.00. The molecule has 0 amide bonds. The van der Waals surface area contributed by atoms with Crippen LogP contribution in [0.4, 0.5) is 0 Å². The van der Waals surface area contributed by atoms with Crippen LogP contribution in [0.5, 0.6) is 5.75 Å². The molecule has 8 aromatic rings. The van der Waals surface area contributed by atoms with E-state index in [1.165, 1.54) is 16.7 Å². The van der Waals surface area contributed by atoms with E-state index in [2.05, 4.69) is 146 Å². The smallest absolute Gasteiger partial charge is 0.403 e. The molecule has 8 aromatic carbocycles. The number of phosphoric acid groups is 1. The molecule has 0 radical (unpaired) electrons. The summed E-state index contributed by atoms with van der Waals surface area (Å²) in [6, 6.07) is 49.5. The van der Waals surface area contributed by atoms with E-state index < -0.39 is 13.9 Å². The standard InChI is InChI=1S/C49H39O4P/c1-29-22-23-41-35(24-29)28-43(45-38-19-9-4-14-32(38)26-33-15-5-10-20-39(33)45)49-47(41)46-40-21-11-6-16-34(40)27-42(48(46)52-54(50,51)53-49)44-36-17-7-2-12-30(36)25-31-13-3-8-18-37(31)44/h2-21,25-26,28-29,42,46,48H,22-24,27H2,1H3,(H,50,51)/t29?,42?,46-,48?/m1/s1. The monoisotopic (exact) mass is 722 g/mol. The van der Waals surface area contributed by atoms with Crippen molar-refractivity contribution >= 4 is 50.9 Å². The quantitative estimate of drug-likeness (QED) is 0.143. The highest BCUT2D eigenvalue weighted by atomic mass is 31.2. The van der Waals surface area contributed by atoms with Crippen molar-refractivity contribution in [2.45, 2.75) is 50.5 Å². The van der Waals surface area contributed by atoms with Crippen molar-refractivity contribution in [2.75, 3.05) is 0 Å². The minimum Gasteiger partial charge on any atom is -0.403 e. The molecule has 54 heavy (non-hydrogen) atoms. The maximum absolute atomic E-state index is 14.7. The van der Waals surface area contributed by atoms with Gasteiger partial charge in [-0.2, -0.15) is 0 Å². The normalized spacial score (nSPS) is 23.3. The molecule has 4 unspecified atom stereocenters. The van der Waals surface area contributed by atoms with Gasteiger partial charge in [0.25, 0.3) is 0 Å². The van der Waals surface area contributed by atoms with Gasteiger partial charge >= 0.3 is 7.82 Å². The van der Waals surface area contributed by atoms with Crippen molar-refractivity contribution in [1.82, 2.24) is 0 Å². The average molecular weight is 723 g/mol. The predicted molar refractivity (Wildman–Crippen MR) is 220 cm³/mol. The summed E-state index contributed by atoms with van der Waals surface area (Å²) in [5, 5.41) is 9.00. The zero-order valence-electron chi connectivity index (χ0n) is 30.0. The van der Waals surface area contributed by atoms with Gasteiger partial charge in [-0.05, 0) is 121 Å². The molecule has 0 spiro atoms. The number of phosphoric ester groups is 1.